The smallest absolute Gasteiger partial charge is 0.258 e. The van der Waals surface area contributed by atoms with Crippen molar-refractivity contribution < 1.29 is 4.79 Å². The number of benzene rings is 1. The number of aryl methyl sites for hydroxylation is 1. The Kier molecular flexibility index (Phi) is 4.68. The van der Waals surface area contributed by atoms with E-state index in [4.69, 9.17) is 0 Å². The van der Waals surface area contributed by atoms with Crippen molar-refractivity contribution in [3.8, 4) is 0 Å². The highest BCUT2D eigenvalue weighted by atomic mass is 16.1. The lowest BCUT2D eigenvalue weighted by molar-refractivity contribution is 0.102. The topological polar surface area (TPSA) is 64.3 Å². The lowest BCUT2D eigenvalue weighted by Gasteiger charge is -2.29. The maximum Gasteiger partial charge on any atom is 0.258 e. The quantitative estimate of drug-likeness (QED) is 0.887. The zero-order valence-corrected chi connectivity index (χ0v) is 15.5. The van der Waals surface area contributed by atoms with E-state index in [9.17, 15) is 4.79 Å². The molecule has 6 heteroatoms. The first kappa shape index (κ1) is 17.1. The number of likely N-dealkylation sites (tertiary alicyclic amines) is 1. The fourth-order valence-corrected chi connectivity index (χ4v) is 4.40. The molecule has 2 saturated heterocycles. The molecule has 6 nitrogen and oxygen atoms in total. The monoisotopic (exact) mass is 353 g/mol. The largest absolute Gasteiger partial charge is 0.370 e. The molecule has 1 amide bonds. The van der Waals surface area contributed by atoms with E-state index in [1.165, 1.54) is 43.3 Å². The average molecular weight is 353 g/mol. The van der Waals surface area contributed by atoms with Gasteiger partial charge >= 0.3 is 0 Å². The number of carbonyl (C=O) groups is 1. The molecule has 2 unspecified atom stereocenters. The Bertz CT molecular complexity index is 773. The Balaban J connectivity index is 1.42. The summed E-state index contributed by atoms with van der Waals surface area (Å²) in [4.78, 5) is 17.3. The van der Waals surface area contributed by atoms with Gasteiger partial charge in [-0.1, -0.05) is 0 Å². The predicted octanol–water partition coefficient (Wildman–Crippen LogP) is 3.03. The van der Waals surface area contributed by atoms with Gasteiger partial charge in [0.25, 0.3) is 5.91 Å². The Hall–Kier alpha value is -2.34. The second kappa shape index (κ2) is 7.11. The molecule has 2 aliphatic rings. The van der Waals surface area contributed by atoms with Crippen LogP contribution in [0, 0.1) is 6.92 Å². The summed E-state index contributed by atoms with van der Waals surface area (Å²) >= 11 is 0. The van der Waals surface area contributed by atoms with Crippen LogP contribution in [0.3, 0.4) is 0 Å². The first-order valence-corrected chi connectivity index (χ1v) is 9.53. The maximum absolute atomic E-state index is 12.2. The fraction of sp³-hybridized carbons (Fsp3) is 0.500. The number of H-pyrrole nitrogens is 1. The van der Waals surface area contributed by atoms with Crippen molar-refractivity contribution in [2.45, 2.75) is 45.2 Å². The normalized spacial score (nSPS) is 23.5. The number of aromatic nitrogens is 2. The minimum atomic E-state index is -0.143. The van der Waals surface area contributed by atoms with Crippen LogP contribution in [0.25, 0.3) is 0 Å². The Morgan fingerprint density at radius 1 is 1.31 bits per heavy atom. The number of hydrogen-bond acceptors (Lipinski definition) is 4. The summed E-state index contributed by atoms with van der Waals surface area (Å²) in [5.41, 5.74) is 3.83. The number of aromatic amines is 1. The molecule has 2 aromatic rings. The van der Waals surface area contributed by atoms with Gasteiger partial charge < -0.3 is 10.2 Å². The lowest BCUT2D eigenvalue weighted by atomic mass is 10.1. The molecule has 0 bridgehead atoms. The fourth-order valence-electron chi connectivity index (χ4n) is 4.40. The van der Waals surface area contributed by atoms with E-state index in [2.05, 4.69) is 51.3 Å². The van der Waals surface area contributed by atoms with Gasteiger partial charge in [-0.25, -0.2) is 0 Å². The average Bonchev–Trinajstić information content (AvgIpc) is 3.36. The summed E-state index contributed by atoms with van der Waals surface area (Å²) in [7, 11) is 0. The summed E-state index contributed by atoms with van der Waals surface area (Å²) in [5.74, 6) is -0.143. The van der Waals surface area contributed by atoms with Gasteiger partial charge in [-0.3, -0.25) is 14.8 Å². The van der Waals surface area contributed by atoms with E-state index >= 15 is 0 Å². The third-order valence-electron chi connectivity index (χ3n) is 5.79. The SMILES string of the molecule is Cc1cc(NC(=O)c2cn[nH]c2)ccc1N1CCC(N2CCCC2C)C1. The zero-order valence-electron chi connectivity index (χ0n) is 15.5. The second-order valence-corrected chi connectivity index (χ2v) is 7.56. The number of anilines is 2. The van der Waals surface area contributed by atoms with Gasteiger partial charge in [0.05, 0.1) is 11.8 Å². The molecular weight excluding hydrogens is 326 g/mol. The Morgan fingerprint density at radius 3 is 2.88 bits per heavy atom. The van der Waals surface area contributed by atoms with Gasteiger partial charge in [0.2, 0.25) is 0 Å². The van der Waals surface area contributed by atoms with Crippen LogP contribution in [0.2, 0.25) is 0 Å². The minimum absolute atomic E-state index is 0.143. The molecule has 2 N–H and O–H groups in total. The molecule has 2 fully saturated rings. The van der Waals surface area contributed by atoms with E-state index in [-0.39, 0.29) is 5.91 Å². The standard InChI is InChI=1S/C20H27N5O/c1-14-10-17(23-20(26)16-11-21-22-12-16)5-6-19(14)24-9-7-18(13-24)25-8-3-4-15(25)2/h5-6,10-12,15,18H,3-4,7-9,13H2,1-2H3,(H,21,22)(H,23,26). The van der Waals surface area contributed by atoms with E-state index in [1.54, 1.807) is 6.20 Å². The molecule has 0 radical (unpaired) electrons. The van der Waals surface area contributed by atoms with Gasteiger partial charge in [-0.05, 0) is 63.4 Å². The molecule has 0 aliphatic carbocycles. The van der Waals surface area contributed by atoms with Crippen molar-refractivity contribution in [1.29, 1.82) is 0 Å². The molecule has 2 atom stereocenters. The highest BCUT2D eigenvalue weighted by molar-refractivity contribution is 6.04. The zero-order chi connectivity index (χ0) is 18.1. The van der Waals surface area contributed by atoms with Crippen LogP contribution in [-0.4, -0.2) is 52.7 Å². The molecule has 2 aliphatic heterocycles. The number of nitrogens with one attached hydrogen (secondary N) is 2. The van der Waals surface area contributed by atoms with Gasteiger partial charge in [0, 0.05) is 42.7 Å². The lowest BCUT2D eigenvalue weighted by Crippen LogP contribution is -2.39. The molecule has 1 aromatic heterocycles. The van der Waals surface area contributed by atoms with Crippen molar-refractivity contribution in [2.75, 3.05) is 29.9 Å². The number of rotatable bonds is 4. The predicted molar refractivity (Wildman–Crippen MR) is 104 cm³/mol. The van der Waals surface area contributed by atoms with Gasteiger partial charge in [-0.2, -0.15) is 5.10 Å². The van der Waals surface area contributed by atoms with Gasteiger partial charge in [0.1, 0.15) is 0 Å². The summed E-state index contributed by atoms with van der Waals surface area (Å²) in [6.07, 6.45) is 7.03. The van der Waals surface area contributed by atoms with Crippen LogP contribution in [0.4, 0.5) is 11.4 Å². The molecule has 138 valence electrons. The van der Waals surface area contributed by atoms with Crippen LogP contribution in [0.15, 0.2) is 30.6 Å². The van der Waals surface area contributed by atoms with Crippen molar-refractivity contribution in [2.24, 2.45) is 0 Å². The number of amides is 1. The molecule has 4 rings (SSSR count). The van der Waals surface area contributed by atoms with Crippen LogP contribution in [-0.2, 0) is 0 Å². The van der Waals surface area contributed by atoms with Crippen molar-refractivity contribution >= 4 is 17.3 Å². The summed E-state index contributed by atoms with van der Waals surface area (Å²) in [6, 6.07) is 7.58. The van der Waals surface area contributed by atoms with Crippen LogP contribution < -0.4 is 10.2 Å². The third-order valence-corrected chi connectivity index (χ3v) is 5.79. The molecular formula is C20H27N5O. The molecule has 1 aromatic carbocycles. The third kappa shape index (κ3) is 3.33. The van der Waals surface area contributed by atoms with Crippen LogP contribution in [0.1, 0.15) is 42.1 Å². The number of nitrogens with zero attached hydrogens (tertiary/aromatic N) is 3. The van der Waals surface area contributed by atoms with Gasteiger partial charge in [-0.15, -0.1) is 0 Å². The first-order valence-electron chi connectivity index (χ1n) is 9.53. The number of carbonyl (C=O) groups excluding carboxylic acids is 1. The second-order valence-electron chi connectivity index (χ2n) is 7.56. The van der Waals surface area contributed by atoms with Crippen molar-refractivity contribution in [1.82, 2.24) is 15.1 Å². The highest BCUT2D eigenvalue weighted by Crippen LogP contribution is 2.31. The molecule has 3 heterocycles. The summed E-state index contributed by atoms with van der Waals surface area (Å²) in [5, 5.41) is 9.42. The van der Waals surface area contributed by atoms with E-state index < -0.39 is 0 Å². The van der Waals surface area contributed by atoms with Crippen LogP contribution >= 0.6 is 0 Å². The van der Waals surface area contributed by atoms with Gasteiger partial charge in [0.15, 0.2) is 0 Å². The van der Waals surface area contributed by atoms with E-state index in [0.717, 1.165) is 24.8 Å². The Labute approximate surface area is 154 Å². The molecule has 0 spiro atoms. The highest BCUT2D eigenvalue weighted by Gasteiger charge is 2.33. The summed E-state index contributed by atoms with van der Waals surface area (Å²) in [6.45, 7) is 7.94. The maximum atomic E-state index is 12.2. The van der Waals surface area contributed by atoms with Crippen molar-refractivity contribution in [3.05, 3.63) is 41.7 Å². The van der Waals surface area contributed by atoms with Crippen molar-refractivity contribution in [3.63, 3.8) is 0 Å². The van der Waals surface area contributed by atoms with E-state index in [0.29, 0.717) is 11.6 Å². The minimum Gasteiger partial charge on any atom is -0.370 e. The molecule has 0 saturated carbocycles. The first-order chi connectivity index (χ1) is 12.6. The van der Waals surface area contributed by atoms with Crippen LogP contribution in [0.5, 0.6) is 0 Å². The Morgan fingerprint density at radius 2 is 2.19 bits per heavy atom. The molecule has 26 heavy (non-hydrogen) atoms. The summed E-state index contributed by atoms with van der Waals surface area (Å²) < 4.78 is 0. The van der Waals surface area contributed by atoms with E-state index in [1.807, 2.05) is 6.07 Å². The number of hydrogen-bond donors (Lipinski definition) is 2.